The molecule has 1 fully saturated rings. The van der Waals surface area contributed by atoms with Gasteiger partial charge in [0.25, 0.3) is 0 Å². The fourth-order valence-corrected chi connectivity index (χ4v) is 2.52. The second kappa shape index (κ2) is 4.75. The SMILES string of the molecule is NC1CCCC(Cc2cccc(F)c2)C1. The maximum Gasteiger partial charge on any atom is 0.123 e. The zero-order valence-corrected chi connectivity index (χ0v) is 8.95. The normalized spacial score (nSPS) is 26.5. The van der Waals surface area contributed by atoms with Crippen molar-refractivity contribution >= 4 is 0 Å². The molecule has 0 radical (unpaired) electrons. The summed E-state index contributed by atoms with van der Waals surface area (Å²) in [4.78, 5) is 0. The lowest BCUT2D eigenvalue weighted by molar-refractivity contribution is 0.320. The predicted octanol–water partition coefficient (Wildman–Crippen LogP) is 2.89. The van der Waals surface area contributed by atoms with Gasteiger partial charge in [0.15, 0.2) is 0 Å². The van der Waals surface area contributed by atoms with Gasteiger partial charge in [-0.3, -0.25) is 0 Å². The molecule has 1 saturated carbocycles. The van der Waals surface area contributed by atoms with Gasteiger partial charge in [-0.2, -0.15) is 0 Å². The summed E-state index contributed by atoms with van der Waals surface area (Å²) in [6.07, 6.45) is 5.69. The smallest absolute Gasteiger partial charge is 0.123 e. The van der Waals surface area contributed by atoms with E-state index in [1.807, 2.05) is 6.07 Å². The van der Waals surface area contributed by atoms with Crippen molar-refractivity contribution in [3.63, 3.8) is 0 Å². The summed E-state index contributed by atoms with van der Waals surface area (Å²) in [5, 5.41) is 0. The molecule has 0 spiro atoms. The first-order chi connectivity index (χ1) is 7.24. The molecule has 82 valence electrons. The Balaban J connectivity index is 1.96. The van der Waals surface area contributed by atoms with E-state index in [-0.39, 0.29) is 5.82 Å². The third-order valence-corrected chi connectivity index (χ3v) is 3.24. The van der Waals surface area contributed by atoms with E-state index in [2.05, 4.69) is 0 Å². The van der Waals surface area contributed by atoms with E-state index >= 15 is 0 Å². The number of hydrogen-bond donors (Lipinski definition) is 1. The highest BCUT2D eigenvalue weighted by Gasteiger charge is 2.19. The summed E-state index contributed by atoms with van der Waals surface area (Å²) in [6, 6.07) is 7.28. The predicted molar refractivity (Wildman–Crippen MR) is 60.0 cm³/mol. The zero-order chi connectivity index (χ0) is 10.7. The van der Waals surface area contributed by atoms with Gasteiger partial charge in [0.2, 0.25) is 0 Å². The molecule has 15 heavy (non-hydrogen) atoms. The van der Waals surface area contributed by atoms with Crippen molar-refractivity contribution in [2.45, 2.75) is 38.1 Å². The molecule has 0 aliphatic heterocycles. The van der Waals surface area contributed by atoms with Crippen molar-refractivity contribution < 1.29 is 4.39 Å². The number of benzene rings is 1. The summed E-state index contributed by atoms with van der Waals surface area (Å²) in [7, 11) is 0. The van der Waals surface area contributed by atoms with Crippen LogP contribution in [-0.4, -0.2) is 6.04 Å². The molecule has 2 N–H and O–H groups in total. The Hall–Kier alpha value is -0.890. The maximum atomic E-state index is 13.0. The Morgan fingerprint density at radius 1 is 1.33 bits per heavy atom. The van der Waals surface area contributed by atoms with E-state index in [4.69, 9.17) is 5.73 Å². The summed E-state index contributed by atoms with van der Waals surface area (Å²) < 4.78 is 13.0. The second-order valence-electron chi connectivity index (χ2n) is 4.63. The van der Waals surface area contributed by atoms with Crippen molar-refractivity contribution in [3.8, 4) is 0 Å². The first-order valence-electron chi connectivity index (χ1n) is 5.74. The Bertz CT molecular complexity index is 324. The minimum Gasteiger partial charge on any atom is -0.328 e. The highest BCUT2D eigenvalue weighted by atomic mass is 19.1. The van der Waals surface area contributed by atoms with Crippen LogP contribution >= 0.6 is 0 Å². The highest BCUT2D eigenvalue weighted by Crippen LogP contribution is 2.26. The fraction of sp³-hybridized carbons (Fsp3) is 0.538. The van der Waals surface area contributed by atoms with E-state index in [0.29, 0.717) is 12.0 Å². The van der Waals surface area contributed by atoms with Crippen LogP contribution in [0.15, 0.2) is 24.3 Å². The molecule has 0 saturated heterocycles. The lowest BCUT2D eigenvalue weighted by Crippen LogP contribution is -2.28. The van der Waals surface area contributed by atoms with Crippen LogP contribution in [0.25, 0.3) is 0 Å². The van der Waals surface area contributed by atoms with Gasteiger partial charge in [-0.1, -0.05) is 25.0 Å². The quantitative estimate of drug-likeness (QED) is 0.792. The van der Waals surface area contributed by atoms with E-state index in [1.54, 1.807) is 12.1 Å². The number of halogens is 1. The molecule has 0 aromatic heterocycles. The lowest BCUT2D eigenvalue weighted by Gasteiger charge is -2.26. The van der Waals surface area contributed by atoms with Gasteiger partial charge in [0.05, 0.1) is 0 Å². The Morgan fingerprint density at radius 3 is 2.93 bits per heavy atom. The summed E-state index contributed by atoms with van der Waals surface area (Å²) in [5.74, 6) is 0.517. The van der Waals surface area contributed by atoms with Crippen LogP contribution in [0, 0.1) is 11.7 Å². The van der Waals surface area contributed by atoms with Crippen LogP contribution in [-0.2, 0) is 6.42 Å². The van der Waals surface area contributed by atoms with Crippen LogP contribution in [0.4, 0.5) is 4.39 Å². The monoisotopic (exact) mass is 207 g/mol. The van der Waals surface area contributed by atoms with Crippen molar-refractivity contribution in [2.24, 2.45) is 11.7 Å². The summed E-state index contributed by atoms with van der Waals surface area (Å²) in [5.41, 5.74) is 7.04. The van der Waals surface area contributed by atoms with Crippen molar-refractivity contribution in [1.82, 2.24) is 0 Å². The molecular weight excluding hydrogens is 189 g/mol. The molecule has 1 aromatic carbocycles. The van der Waals surface area contributed by atoms with Crippen molar-refractivity contribution in [1.29, 1.82) is 0 Å². The zero-order valence-electron chi connectivity index (χ0n) is 8.95. The number of nitrogens with two attached hydrogens (primary N) is 1. The molecule has 1 aromatic rings. The number of rotatable bonds is 2. The van der Waals surface area contributed by atoms with Gasteiger partial charge in [-0.25, -0.2) is 4.39 Å². The van der Waals surface area contributed by atoms with E-state index in [1.165, 1.54) is 18.9 Å². The standard InChI is InChI=1S/C13H18FN/c14-12-5-1-3-10(8-12)7-11-4-2-6-13(15)9-11/h1,3,5,8,11,13H,2,4,6-7,9,15H2. The molecule has 1 aliphatic carbocycles. The van der Waals surface area contributed by atoms with Gasteiger partial charge >= 0.3 is 0 Å². The van der Waals surface area contributed by atoms with Crippen LogP contribution in [0.5, 0.6) is 0 Å². The Labute approximate surface area is 90.5 Å². The molecule has 0 amide bonds. The van der Waals surface area contributed by atoms with Crippen LogP contribution in [0.3, 0.4) is 0 Å². The van der Waals surface area contributed by atoms with Gasteiger partial charge in [0, 0.05) is 6.04 Å². The molecule has 2 unspecified atom stereocenters. The third-order valence-electron chi connectivity index (χ3n) is 3.24. The van der Waals surface area contributed by atoms with Gasteiger partial charge < -0.3 is 5.73 Å². The lowest BCUT2D eigenvalue weighted by atomic mass is 9.82. The van der Waals surface area contributed by atoms with Gasteiger partial charge in [-0.05, 0) is 42.9 Å². The van der Waals surface area contributed by atoms with Gasteiger partial charge in [0.1, 0.15) is 5.82 Å². The Morgan fingerprint density at radius 2 is 2.20 bits per heavy atom. The minimum atomic E-state index is -0.132. The molecule has 2 rings (SSSR count). The minimum absolute atomic E-state index is 0.132. The van der Waals surface area contributed by atoms with Crippen LogP contribution < -0.4 is 5.73 Å². The average Bonchev–Trinajstić information content (AvgIpc) is 2.17. The molecule has 0 bridgehead atoms. The summed E-state index contributed by atoms with van der Waals surface area (Å²) >= 11 is 0. The molecule has 1 aliphatic rings. The van der Waals surface area contributed by atoms with Crippen LogP contribution in [0.1, 0.15) is 31.2 Å². The van der Waals surface area contributed by atoms with Crippen LogP contribution in [0.2, 0.25) is 0 Å². The molecule has 2 heteroatoms. The highest BCUT2D eigenvalue weighted by molar-refractivity contribution is 5.17. The summed E-state index contributed by atoms with van der Waals surface area (Å²) in [6.45, 7) is 0. The first-order valence-corrected chi connectivity index (χ1v) is 5.74. The molecular formula is C13H18FN. The fourth-order valence-electron chi connectivity index (χ4n) is 2.52. The first kappa shape index (κ1) is 10.6. The van der Waals surface area contributed by atoms with E-state index in [0.717, 1.165) is 24.8 Å². The second-order valence-corrected chi connectivity index (χ2v) is 4.63. The van der Waals surface area contributed by atoms with Gasteiger partial charge in [-0.15, -0.1) is 0 Å². The van der Waals surface area contributed by atoms with E-state index < -0.39 is 0 Å². The Kier molecular flexibility index (Phi) is 3.37. The maximum absolute atomic E-state index is 13.0. The topological polar surface area (TPSA) is 26.0 Å². The molecule has 1 nitrogen and oxygen atoms in total. The van der Waals surface area contributed by atoms with E-state index in [9.17, 15) is 4.39 Å². The van der Waals surface area contributed by atoms with Crippen molar-refractivity contribution in [3.05, 3.63) is 35.6 Å². The molecule has 2 atom stereocenters. The third kappa shape index (κ3) is 3.03. The number of hydrogen-bond acceptors (Lipinski definition) is 1. The average molecular weight is 207 g/mol. The molecule has 0 heterocycles. The largest absolute Gasteiger partial charge is 0.328 e. The van der Waals surface area contributed by atoms with Crippen molar-refractivity contribution in [2.75, 3.05) is 0 Å².